The lowest BCUT2D eigenvalue weighted by Gasteiger charge is -2.59. The van der Waals surface area contributed by atoms with Gasteiger partial charge in [0, 0.05) is 18.6 Å². The Kier molecular flexibility index (Phi) is 3.56. The molecular weight excluding hydrogens is 240 g/mol. The van der Waals surface area contributed by atoms with Crippen LogP contribution in [0.1, 0.15) is 40.0 Å². The molecule has 2 aliphatic rings. The second kappa shape index (κ2) is 4.11. The zero-order chi connectivity index (χ0) is 12.2. The lowest BCUT2D eigenvalue weighted by atomic mass is 9.55. The van der Waals surface area contributed by atoms with E-state index in [0.717, 1.165) is 19.3 Å². The third-order valence-electron chi connectivity index (χ3n) is 4.82. The van der Waals surface area contributed by atoms with Crippen LogP contribution in [-0.4, -0.2) is 30.2 Å². The largest absolute Gasteiger partial charge is 0.378 e. The van der Waals surface area contributed by atoms with Crippen LogP contribution in [-0.2, 0) is 9.53 Å². The predicted octanol–water partition coefficient (Wildman–Crippen LogP) is 1.22. The van der Waals surface area contributed by atoms with Crippen molar-refractivity contribution >= 4 is 18.3 Å². The van der Waals surface area contributed by atoms with Gasteiger partial charge in [0.15, 0.2) is 0 Å². The number of hydrogen-bond acceptors (Lipinski definition) is 3. The molecule has 2 saturated carbocycles. The van der Waals surface area contributed by atoms with Gasteiger partial charge in [0.05, 0.1) is 11.1 Å². The highest BCUT2D eigenvalue weighted by Gasteiger charge is 2.59. The summed E-state index contributed by atoms with van der Waals surface area (Å²) in [6.45, 7) is 6.34. The van der Waals surface area contributed by atoms with Crippen molar-refractivity contribution < 1.29 is 9.53 Å². The third-order valence-corrected chi connectivity index (χ3v) is 4.82. The lowest BCUT2D eigenvalue weighted by Crippen LogP contribution is -2.69. The van der Waals surface area contributed by atoms with Crippen molar-refractivity contribution in [3.05, 3.63) is 0 Å². The average molecular weight is 263 g/mol. The molecule has 4 nitrogen and oxygen atoms in total. The normalized spacial score (nSPS) is 36.4. The van der Waals surface area contributed by atoms with Gasteiger partial charge in [-0.2, -0.15) is 0 Å². The number of carbonyl (C=O) groups is 1. The van der Waals surface area contributed by atoms with Crippen LogP contribution in [0.3, 0.4) is 0 Å². The van der Waals surface area contributed by atoms with Crippen LogP contribution in [0.5, 0.6) is 0 Å². The molecule has 2 aliphatic carbocycles. The first-order valence-electron chi connectivity index (χ1n) is 5.90. The van der Waals surface area contributed by atoms with E-state index in [2.05, 4.69) is 26.1 Å². The van der Waals surface area contributed by atoms with Gasteiger partial charge in [-0.05, 0) is 26.2 Å². The van der Waals surface area contributed by atoms with Crippen molar-refractivity contribution in [2.45, 2.75) is 57.2 Å². The first-order valence-corrected chi connectivity index (χ1v) is 5.90. The zero-order valence-corrected chi connectivity index (χ0v) is 11.8. The number of hydrogen-bond donors (Lipinski definition) is 2. The van der Waals surface area contributed by atoms with Gasteiger partial charge >= 0.3 is 0 Å². The summed E-state index contributed by atoms with van der Waals surface area (Å²) in [5.41, 5.74) is 5.11. The summed E-state index contributed by atoms with van der Waals surface area (Å²) in [6, 6.07) is 0.172. The summed E-state index contributed by atoms with van der Waals surface area (Å²) in [5, 5.41) is 3.05. The van der Waals surface area contributed by atoms with E-state index >= 15 is 0 Å². The number of nitrogens with one attached hydrogen (secondary N) is 1. The molecule has 0 heterocycles. The highest BCUT2D eigenvalue weighted by atomic mass is 35.5. The number of rotatable bonds is 3. The Morgan fingerprint density at radius 2 is 1.88 bits per heavy atom. The van der Waals surface area contributed by atoms with Crippen LogP contribution < -0.4 is 11.1 Å². The summed E-state index contributed by atoms with van der Waals surface area (Å²) in [5.74, 6) is 0.00345. The van der Waals surface area contributed by atoms with Crippen LogP contribution >= 0.6 is 12.4 Å². The highest BCUT2D eigenvalue weighted by molar-refractivity contribution is 5.89. The maximum atomic E-state index is 11.8. The summed E-state index contributed by atoms with van der Waals surface area (Å²) in [4.78, 5) is 11.8. The molecule has 0 aromatic rings. The molecule has 0 aromatic carbocycles. The van der Waals surface area contributed by atoms with Gasteiger partial charge in [0.1, 0.15) is 0 Å². The Morgan fingerprint density at radius 3 is 2.24 bits per heavy atom. The van der Waals surface area contributed by atoms with E-state index in [1.54, 1.807) is 7.11 Å². The topological polar surface area (TPSA) is 64.3 Å². The fourth-order valence-electron chi connectivity index (χ4n) is 2.39. The van der Waals surface area contributed by atoms with Crippen LogP contribution in [0.2, 0.25) is 0 Å². The summed E-state index contributed by atoms with van der Waals surface area (Å²) in [6.07, 6.45) is 2.49. The van der Waals surface area contributed by atoms with Crippen LogP contribution in [0.25, 0.3) is 0 Å². The molecule has 3 N–H and O–H groups in total. The van der Waals surface area contributed by atoms with Gasteiger partial charge in [-0.3, -0.25) is 4.79 Å². The molecule has 2 atom stereocenters. The first-order chi connectivity index (χ1) is 7.25. The van der Waals surface area contributed by atoms with E-state index in [1.807, 2.05) is 0 Å². The molecule has 2 fully saturated rings. The van der Waals surface area contributed by atoms with E-state index in [4.69, 9.17) is 10.5 Å². The quantitative estimate of drug-likeness (QED) is 0.804. The smallest absolute Gasteiger partial charge is 0.240 e. The lowest BCUT2D eigenvalue weighted by molar-refractivity contribution is -0.182. The molecule has 2 rings (SSSR count). The second-order valence-electron chi connectivity index (χ2n) is 6.04. The van der Waals surface area contributed by atoms with Gasteiger partial charge in [-0.25, -0.2) is 0 Å². The summed E-state index contributed by atoms with van der Waals surface area (Å²) in [7, 11) is 1.73. The first kappa shape index (κ1) is 14.7. The third kappa shape index (κ3) is 2.07. The molecule has 0 bridgehead atoms. The van der Waals surface area contributed by atoms with E-state index in [9.17, 15) is 4.79 Å². The summed E-state index contributed by atoms with van der Waals surface area (Å²) < 4.78 is 5.52. The molecule has 0 radical (unpaired) electrons. The van der Waals surface area contributed by atoms with Gasteiger partial charge in [0.25, 0.3) is 0 Å². The fraction of sp³-hybridized carbons (Fsp3) is 0.917. The van der Waals surface area contributed by atoms with Crippen molar-refractivity contribution in [1.29, 1.82) is 0 Å². The highest BCUT2D eigenvalue weighted by Crippen LogP contribution is 2.51. The minimum Gasteiger partial charge on any atom is -0.378 e. The minimum absolute atomic E-state index is 0. The standard InChI is InChI=1S/C12H22N2O2.ClH/c1-10(2)8(7-11(10,3)16-4)14-9(15)12(13)5-6-12;/h8H,5-7,13H2,1-4H3,(H,14,15);1H. The van der Waals surface area contributed by atoms with Crippen LogP contribution in [0, 0.1) is 5.41 Å². The van der Waals surface area contributed by atoms with Crippen molar-refractivity contribution in [1.82, 2.24) is 5.32 Å². The Labute approximate surface area is 109 Å². The molecule has 0 aliphatic heterocycles. The number of nitrogens with two attached hydrogens (primary N) is 1. The van der Waals surface area contributed by atoms with E-state index in [0.29, 0.717) is 0 Å². The molecule has 1 amide bonds. The molecule has 0 aromatic heterocycles. The number of carbonyl (C=O) groups excluding carboxylic acids is 1. The monoisotopic (exact) mass is 262 g/mol. The molecule has 5 heteroatoms. The second-order valence-corrected chi connectivity index (χ2v) is 6.04. The molecular formula is C12H23ClN2O2. The Morgan fingerprint density at radius 1 is 1.35 bits per heavy atom. The van der Waals surface area contributed by atoms with Crippen molar-refractivity contribution in [2.24, 2.45) is 11.1 Å². The zero-order valence-electron chi connectivity index (χ0n) is 11.0. The maximum Gasteiger partial charge on any atom is 0.240 e. The number of ether oxygens (including phenoxy) is 1. The molecule has 0 spiro atoms. The van der Waals surface area contributed by atoms with E-state index in [1.165, 1.54) is 0 Å². The van der Waals surface area contributed by atoms with Crippen molar-refractivity contribution in [3.63, 3.8) is 0 Å². The van der Waals surface area contributed by atoms with Crippen LogP contribution in [0.15, 0.2) is 0 Å². The molecule has 2 unspecified atom stereocenters. The number of halogens is 1. The predicted molar refractivity (Wildman–Crippen MR) is 69.1 cm³/mol. The van der Waals surface area contributed by atoms with Crippen molar-refractivity contribution in [2.75, 3.05) is 7.11 Å². The van der Waals surface area contributed by atoms with Gasteiger partial charge in [-0.1, -0.05) is 13.8 Å². The molecule has 17 heavy (non-hydrogen) atoms. The van der Waals surface area contributed by atoms with Gasteiger partial charge in [0.2, 0.25) is 5.91 Å². The minimum atomic E-state index is -0.574. The number of methoxy groups -OCH3 is 1. The SMILES string of the molecule is COC1(C)CC(NC(=O)C2(N)CC2)C1(C)C.Cl. The number of amides is 1. The Balaban J connectivity index is 0.00000144. The van der Waals surface area contributed by atoms with Crippen LogP contribution in [0.4, 0.5) is 0 Å². The average Bonchev–Trinajstić information content (AvgIpc) is 2.96. The molecule has 100 valence electrons. The van der Waals surface area contributed by atoms with E-state index < -0.39 is 5.54 Å². The summed E-state index contributed by atoms with van der Waals surface area (Å²) >= 11 is 0. The fourth-order valence-corrected chi connectivity index (χ4v) is 2.39. The van der Waals surface area contributed by atoms with Crippen molar-refractivity contribution in [3.8, 4) is 0 Å². The maximum absolute atomic E-state index is 11.8. The van der Waals surface area contributed by atoms with Gasteiger partial charge in [-0.15, -0.1) is 12.4 Å². The Hall–Kier alpha value is -0.320. The Bertz CT molecular complexity index is 328. The van der Waals surface area contributed by atoms with Gasteiger partial charge < -0.3 is 15.8 Å². The molecule has 0 saturated heterocycles. The van der Waals surface area contributed by atoms with E-state index in [-0.39, 0.29) is 35.4 Å².